The third-order valence-electron chi connectivity index (χ3n) is 6.62. The van der Waals surface area contributed by atoms with Crippen molar-refractivity contribution in [2.24, 2.45) is 0 Å². The molecule has 1 aliphatic heterocycles. The van der Waals surface area contributed by atoms with Gasteiger partial charge in [-0.3, -0.25) is 4.90 Å². The number of fused-ring (bicyclic) bond motifs is 2. The van der Waals surface area contributed by atoms with Gasteiger partial charge in [-0.1, -0.05) is 24.3 Å². The van der Waals surface area contributed by atoms with Crippen LogP contribution in [0.15, 0.2) is 36.7 Å². The number of ether oxygens (including phenoxy) is 1. The highest BCUT2D eigenvalue weighted by Crippen LogP contribution is 2.37. The van der Waals surface area contributed by atoms with Gasteiger partial charge in [-0.05, 0) is 49.8 Å². The predicted octanol–water partition coefficient (Wildman–Crippen LogP) is 3.85. The lowest BCUT2D eigenvalue weighted by Gasteiger charge is -2.44. The molecule has 3 heterocycles. The number of rotatable bonds is 4. The Bertz CT molecular complexity index is 992. The fraction of sp³-hybridized carbons (Fsp3) is 0.478. The molecule has 2 N–H and O–H groups in total. The fourth-order valence-corrected chi connectivity index (χ4v) is 5.09. The third-order valence-corrected chi connectivity index (χ3v) is 6.62. The molecule has 2 aromatic heterocycles. The number of benzene rings is 1. The van der Waals surface area contributed by atoms with Crippen molar-refractivity contribution in [3.63, 3.8) is 0 Å². The van der Waals surface area contributed by atoms with E-state index < -0.39 is 0 Å². The maximum Gasteiger partial charge on any atom is 0.143 e. The van der Waals surface area contributed by atoms with Gasteiger partial charge in [-0.15, -0.1) is 0 Å². The molecule has 6 nitrogen and oxygen atoms in total. The lowest BCUT2D eigenvalue weighted by atomic mass is 9.82. The van der Waals surface area contributed by atoms with Crippen LogP contribution in [0.1, 0.15) is 42.1 Å². The molecular weight excluding hydrogens is 362 g/mol. The van der Waals surface area contributed by atoms with E-state index in [0.29, 0.717) is 12.1 Å². The number of likely N-dealkylation sites (tertiary alicyclic amines) is 1. The number of methoxy groups -OCH3 is 1. The Labute approximate surface area is 171 Å². The molecule has 1 saturated heterocycles. The van der Waals surface area contributed by atoms with Crippen molar-refractivity contribution in [1.29, 1.82) is 0 Å². The minimum atomic E-state index is 0.215. The summed E-state index contributed by atoms with van der Waals surface area (Å²) in [6, 6.07) is 11.7. The summed E-state index contributed by atoms with van der Waals surface area (Å²) < 4.78 is 5.59. The average molecular weight is 392 g/mol. The van der Waals surface area contributed by atoms with Gasteiger partial charge in [-0.2, -0.15) is 0 Å². The smallest absolute Gasteiger partial charge is 0.143 e. The SMILES string of the molecule is COC1CCN([C@H]2CCc3ccccc3[C@@H]2Nc2ncnc3[nH]c(C)cc23)CC1. The van der Waals surface area contributed by atoms with Gasteiger partial charge in [-0.25, -0.2) is 9.97 Å². The summed E-state index contributed by atoms with van der Waals surface area (Å²) in [6.07, 6.45) is 6.55. The molecule has 3 aromatic rings. The van der Waals surface area contributed by atoms with Gasteiger partial charge in [0.1, 0.15) is 17.8 Å². The fourth-order valence-electron chi connectivity index (χ4n) is 5.09. The monoisotopic (exact) mass is 391 g/mol. The molecule has 1 fully saturated rings. The molecule has 29 heavy (non-hydrogen) atoms. The van der Waals surface area contributed by atoms with E-state index in [4.69, 9.17) is 4.74 Å². The number of nitrogens with one attached hydrogen (secondary N) is 2. The molecule has 152 valence electrons. The molecular formula is C23H29N5O. The van der Waals surface area contributed by atoms with Gasteiger partial charge in [0.25, 0.3) is 0 Å². The number of H-pyrrole nitrogens is 1. The van der Waals surface area contributed by atoms with E-state index in [9.17, 15) is 0 Å². The average Bonchev–Trinajstić information content (AvgIpc) is 3.15. The molecule has 2 aliphatic rings. The quantitative estimate of drug-likeness (QED) is 0.707. The van der Waals surface area contributed by atoms with Gasteiger partial charge in [0.05, 0.1) is 17.5 Å². The number of aromatic amines is 1. The Hall–Kier alpha value is -2.44. The standard InChI is InChI=1S/C23H29N5O/c1-15-13-19-22(26-15)24-14-25-23(19)27-21-18-6-4-3-5-16(18)7-8-20(21)28-11-9-17(29-2)10-12-28/h3-6,13-14,17,20-21H,7-12H2,1-2H3,(H2,24,25,26,27)/t20-,21-/m0/s1. The van der Waals surface area contributed by atoms with Crippen LogP contribution in [-0.4, -0.2) is 52.2 Å². The minimum Gasteiger partial charge on any atom is -0.381 e. The molecule has 0 radical (unpaired) electrons. The number of hydrogen-bond acceptors (Lipinski definition) is 5. The second kappa shape index (κ2) is 7.76. The topological polar surface area (TPSA) is 66.1 Å². The second-order valence-corrected chi connectivity index (χ2v) is 8.33. The maximum absolute atomic E-state index is 5.59. The third kappa shape index (κ3) is 3.51. The highest BCUT2D eigenvalue weighted by atomic mass is 16.5. The van der Waals surface area contributed by atoms with Crippen molar-refractivity contribution >= 4 is 16.9 Å². The van der Waals surface area contributed by atoms with E-state index in [1.165, 1.54) is 11.1 Å². The number of anilines is 1. The first-order valence-electron chi connectivity index (χ1n) is 10.6. The molecule has 1 aliphatic carbocycles. The van der Waals surface area contributed by atoms with Gasteiger partial charge >= 0.3 is 0 Å². The first-order chi connectivity index (χ1) is 14.2. The van der Waals surface area contributed by atoms with Crippen LogP contribution >= 0.6 is 0 Å². The lowest BCUT2D eigenvalue weighted by molar-refractivity contribution is 0.0213. The van der Waals surface area contributed by atoms with E-state index in [-0.39, 0.29) is 6.04 Å². The van der Waals surface area contributed by atoms with E-state index in [1.807, 2.05) is 7.11 Å². The first kappa shape index (κ1) is 18.6. The van der Waals surface area contributed by atoms with Gasteiger partial charge in [0.15, 0.2) is 0 Å². The Morgan fingerprint density at radius 2 is 1.97 bits per heavy atom. The minimum absolute atomic E-state index is 0.215. The zero-order valence-corrected chi connectivity index (χ0v) is 17.2. The van der Waals surface area contributed by atoms with Crippen LogP contribution < -0.4 is 5.32 Å². The van der Waals surface area contributed by atoms with E-state index in [1.54, 1.807) is 6.33 Å². The number of aryl methyl sites for hydroxylation is 2. The highest BCUT2D eigenvalue weighted by Gasteiger charge is 2.35. The van der Waals surface area contributed by atoms with Crippen molar-refractivity contribution in [1.82, 2.24) is 19.9 Å². The Kier molecular flexibility index (Phi) is 4.97. The summed E-state index contributed by atoms with van der Waals surface area (Å²) in [5.74, 6) is 0.915. The van der Waals surface area contributed by atoms with Crippen molar-refractivity contribution < 1.29 is 4.74 Å². The van der Waals surface area contributed by atoms with Crippen molar-refractivity contribution in [3.8, 4) is 0 Å². The second-order valence-electron chi connectivity index (χ2n) is 8.33. The molecule has 0 amide bonds. The summed E-state index contributed by atoms with van der Waals surface area (Å²) in [7, 11) is 1.83. The summed E-state index contributed by atoms with van der Waals surface area (Å²) in [4.78, 5) is 15.0. The molecule has 2 atom stereocenters. The molecule has 1 aromatic carbocycles. The predicted molar refractivity (Wildman–Crippen MR) is 115 cm³/mol. The molecule has 0 bridgehead atoms. The van der Waals surface area contributed by atoms with Crippen LogP contribution in [0.3, 0.4) is 0 Å². The van der Waals surface area contributed by atoms with Crippen LogP contribution in [0.4, 0.5) is 5.82 Å². The van der Waals surface area contributed by atoms with E-state index in [2.05, 4.69) is 62.4 Å². The largest absolute Gasteiger partial charge is 0.381 e. The van der Waals surface area contributed by atoms with Crippen LogP contribution in [0.5, 0.6) is 0 Å². The van der Waals surface area contributed by atoms with Crippen LogP contribution in [-0.2, 0) is 11.2 Å². The Morgan fingerprint density at radius 3 is 2.79 bits per heavy atom. The number of nitrogens with zero attached hydrogens (tertiary/aromatic N) is 3. The van der Waals surface area contributed by atoms with Gasteiger partial charge in [0.2, 0.25) is 0 Å². The lowest BCUT2D eigenvalue weighted by Crippen LogP contribution is -2.49. The molecule has 0 saturated carbocycles. The summed E-state index contributed by atoms with van der Waals surface area (Å²) in [5, 5.41) is 4.88. The zero-order chi connectivity index (χ0) is 19.8. The molecule has 5 rings (SSSR count). The summed E-state index contributed by atoms with van der Waals surface area (Å²) in [6.45, 7) is 4.24. The molecule has 0 unspecified atom stereocenters. The number of aromatic nitrogens is 3. The van der Waals surface area contributed by atoms with Crippen LogP contribution in [0.2, 0.25) is 0 Å². The van der Waals surface area contributed by atoms with Gasteiger partial charge < -0.3 is 15.0 Å². The number of hydrogen-bond donors (Lipinski definition) is 2. The van der Waals surface area contributed by atoms with E-state index in [0.717, 1.165) is 61.3 Å². The van der Waals surface area contributed by atoms with Crippen LogP contribution in [0.25, 0.3) is 11.0 Å². The summed E-state index contributed by atoms with van der Waals surface area (Å²) >= 11 is 0. The Morgan fingerprint density at radius 1 is 1.14 bits per heavy atom. The number of piperidine rings is 1. The van der Waals surface area contributed by atoms with Crippen molar-refractivity contribution in [2.75, 3.05) is 25.5 Å². The Balaban J connectivity index is 1.49. The van der Waals surface area contributed by atoms with Crippen LogP contribution in [0, 0.1) is 6.92 Å². The van der Waals surface area contributed by atoms with E-state index >= 15 is 0 Å². The summed E-state index contributed by atoms with van der Waals surface area (Å²) in [5.41, 5.74) is 4.84. The highest BCUT2D eigenvalue weighted by molar-refractivity contribution is 5.87. The maximum atomic E-state index is 5.59. The normalized spacial score (nSPS) is 23.2. The molecule has 6 heteroatoms. The van der Waals surface area contributed by atoms with Crippen molar-refractivity contribution in [3.05, 3.63) is 53.5 Å². The van der Waals surface area contributed by atoms with Crippen molar-refractivity contribution in [2.45, 2.75) is 50.8 Å². The zero-order valence-electron chi connectivity index (χ0n) is 17.2. The molecule has 0 spiro atoms. The first-order valence-corrected chi connectivity index (χ1v) is 10.6. The van der Waals surface area contributed by atoms with Gasteiger partial charge in [0, 0.05) is 31.9 Å².